The van der Waals surface area contributed by atoms with Crippen LogP contribution < -0.4 is 50.6 Å². The highest BCUT2D eigenvalue weighted by atomic mass is 33.1. The molecule has 382 valence electrons. The first-order valence-corrected chi connectivity index (χ1v) is 27.4. The maximum atomic E-state index is 14.1. The number of hydrogen-bond donors (Lipinski definition) is 5. The summed E-state index contributed by atoms with van der Waals surface area (Å²) < 4.78 is 56.9. The molecule has 0 saturated carbocycles. The van der Waals surface area contributed by atoms with Crippen LogP contribution in [-0.2, 0) is 45.8 Å². The molecule has 0 saturated heterocycles. The van der Waals surface area contributed by atoms with Crippen molar-refractivity contribution in [3.63, 3.8) is 0 Å². The fraction of sp³-hybridized carbons (Fsp3) is 0.327. The summed E-state index contributed by atoms with van der Waals surface area (Å²) in [4.78, 5) is 62.1. The number of fused-ring (bicyclic) bond motifs is 8. The molecule has 2 unspecified atom stereocenters. The van der Waals surface area contributed by atoms with Crippen LogP contribution >= 0.6 is 21.6 Å². The minimum absolute atomic E-state index is 0.0207. The Morgan fingerprint density at radius 2 is 1.47 bits per heavy atom. The maximum Gasteiger partial charge on any atom is 0.277 e. The molecule has 0 fully saturated rings. The number of rotatable bonds is 19. The van der Waals surface area contributed by atoms with Gasteiger partial charge in [0.2, 0.25) is 5.91 Å². The molecule has 5 aromatic carbocycles. The molecule has 9 rings (SSSR count). The SMILES string of the molecule is COc1cc2c(cc1OCc1cc(COc3cc4c(cc3OC)C(=O)N3c5ccccc5C[C@H]3CN4)cc(NC(=O)CCC(C)(C)SSCCC(C(=O)NN)S(=O)(=O)O)c1)N=CC1Cc3ccccc3N1C2=O. The highest BCUT2D eigenvalue weighted by Crippen LogP contribution is 2.44. The zero-order valence-electron chi connectivity index (χ0n) is 40.5. The predicted molar refractivity (Wildman–Crippen MR) is 283 cm³/mol. The van der Waals surface area contributed by atoms with Crippen LogP contribution in [0.3, 0.4) is 0 Å². The lowest BCUT2D eigenvalue weighted by Crippen LogP contribution is -2.43. The first-order chi connectivity index (χ1) is 35.0. The Labute approximate surface area is 430 Å². The highest BCUT2D eigenvalue weighted by molar-refractivity contribution is 8.77. The van der Waals surface area contributed by atoms with Crippen molar-refractivity contribution in [3.8, 4) is 23.0 Å². The molecule has 4 heterocycles. The summed E-state index contributed by atoms with van der Waals surface area (Å²) >= 11 is 0. The summed E-state index contributed by atoms with van der Waals surface area (Å²) in [6, 6.07) is 27.8. The average Bonchev–Trinajstić information content (AvgIpc) is 3.87. The Bertz CT molecular complexity index is 3130. The van der Waals surface area contributed by atoms with Gasteiger partial charge in [-0.15, -0.1) is 0 Å². The van der Waals surface area contributed by atoms with Crippen molar-refractivity contribution >= 4 is 90.0 Å². The number of amides is 4. The van der Waals surface area contributed by atoms with E-state index in [2.05, 4.69) is 10.6 Å². The Hall–Kier alpha value is -6.78. The van der Waals surface area contributed by atoms with Crippen LogP contribution in [0.5, 0.6) is 23.0 Å². The number of hydrogen-bond acceptors (Lipinski definition) is 15. The third kappa shape index (κ3) is 11.1. The summed E-state index contributed by atoms with van der Waals surface area (Å²) in [6.45, 7) is 4.49. The summed E-state index contributed by atoms with van der Waals surface area (Å²) in [5.41, 5.74) is 9.46. The highest BCUT2D eigenvalue weighted by Gasteiger charge is 2.39. The van der Waals surface area contributed by atoms with Crippen molar-refractivity contribution in [1.82, 2.24) is 5.43 Å². The van der Waals surface area contributed by atoms with Crippen molar-refractivity contribution in [1.29, 1.82) is 0 Å². The molecule has 0 spiro atoms. The van der Waals surface area contributed by atoms with E-state index in [0.29, 0.717) is 81.7 Å². The first kappa shape index (κ1) is 51.1. The minimum Gasteiger partial charge on any atom is -0.493 e. The van der Waals surface area contributed by atoms with E-state index in [-0.39, 0.29) is 61.6 Å². The second-order valence-electron chi connectivity index (χ2n) is 18.6. The molecular formula is C52H55N7O11S3. The second kappa shape index (κ2) is 21.4. The molecule has 4 aliphatic heterocycles. The predicted octanol–water partition coefficient (Wildman–Crippen LogP) is 7.66. The minimum atomic E-state index is -4.65. The smallest absolute Gasteiger partial charge is 0.277 e. The van der Waals surface area contributed by atoms with Crippen molar-refractivity contribution in [2.45, 2.75) is 81.2 Å². The Kier molecular flexibility index (Phi) is 15.0. The normalized spacial score (nSPS) is 16.8. The van der Waals surface area contributed by atoms with Gasteiger partial charge in [-0.1, -0.05) is 58.0 Å². The number of benzene rings is 5. The summed E-state index contributed by atoms with van der Waals surface area (Å²) in [7, 11) is 1.12. The molecule has 21 heteroatoms. The third-order valence-corrected chi connectivity index (χ3v) is 17.7. The van der Waals surface area contributed by atoms with Crippen LogP contribution in [0.15, 0.2) is 96.0 Å². The number of carbonyl (C=O) groups is 4. The van der Waals surface area contributed by atoms with Gasteiger partial charge in [-0.2, -0.15) is 8.42 Å². The number of hydrazine groups is 1. The Morgan fingerprint density at radius 3 is 2.12 bits per heavy atom. The number of nitrogens with two attached hydrogens (primary N) is 1. The maximum absolute atomic E-state index is 14.1. The van der Waals surface area contributed by atoms with Gasteiger partial charge in [0.25, 0.3) is 27.8 Å². The van der Waals surface area contributed by atoms with E-state index in [9.17, 15) is 32.1 Å². The zero-order chi connectivity index (χ0) is 51.6. The number of nitrogens with zero attached hydrogens (tertiary/aromatic N) is 3. The molecule has 0 radical (unpaired) electrons. The Morgan fingerprint density at radius 1 is 0.849 bits per heavy atom. The van der Waals surface area contributed by atoms with Crippen LogP contribution in [0.1, 0.15) is 76.1 Å². The van der Waals surface area contributed by atoms with Gasteiger partial charge in [0.1, 0.15) is 13.2 Å². The Balaban J connectivity index is 0.927. The quantitative estimate of drug-likeness (QED) is 0.0133. The molecule has 73 heavy (non-hydrogen) atoms. The van der Waals surface area contributed by atoms with Crippen LogP contribution in [0.2, 0.25) is 0 Å². The van der Waals surface area contributed by atoms with Gasteiger partial charge in [-0.3, -0.25) is 39.0 Å². The standard InChI is InChI=1S/C52H55N7O11S3/c1-52(2,72-71-16-14-47(49(61)57-53)73(64,65)66)15-13-48(60)56-34-18-30(28-69-45-24-39-37(22-43(45)67-3)50(62)58-35(26-54-39)20-32-9-5-7-11-41(32)58)17-31(19-34)29-70-46-25-40-38(23-44(46)68-4)51(63)59-36(27-55-40)21-33-10-6-8-12-42(33)59/h5-12,17-19,22-26,35-36,47,55H,13-16,20-21,27-29,53H2,1-4H3,(H,56,60)(H,57,61)(H,64,65,66)/t35?,36-,47?/m0/s1. The van der Waals surface area contributed by atoms with Crippen LogP contribution in [0, 0.1) is 0 Å². The topological polar surface area (TPSA) is 241 Å². The van der Waals surface area contributed by atoms with E-state index in [4.69, 9.17) is 29.8 Å². The molecule has 5 aromatic rings. The first-order valence-electron chi connectivity index (χ1n) is 23.5. The van der Waals surface area contributed by atoms with Gasteiger partial charge in [0.05, 0.1) is 48.8 Å². The number of methoxy groups -OCH3 is 2. The average molecular weight is 1050 g/mol. The van der Waals surface area contributed by atoms with Gasteiger partial charge in [-0.25, -0.2) is 5.84 Å². The van der Waals surface area contributed by atoms with E-state index in [1.165, 1.54) is 35.8 Å². The molecule has 0 bridgehead atoms. The number of anilines is 4. The summed E-state index contributed by atoms with van der Waals surface area (Å²) in [6.07, 6.45) is 3.59. The van der Waals surface area contributed by atoms with Gasteiger partial charge in [0.15, 0.2) is 28.2 Å². The molecule has 6 N–H and O–H groups in total. The van der Waals surface area contributed by atoms with Crippen molar-refractivity contribution in [2.75, 3.05) is 47.0 Å². The van der Waals surface area contributed by atoms with E-state index in [1.54, 1.807) is 52.9 Å². The second-order valence-corrected chi connectivity index (χ2v) is 23.3. The van der Waals surface area contributed by atoms with Crippen LogP contribution in [-0.4, -0.2) is 91.4 Å². The number of nitrogens with one attached hydrogen (secondary N) is 3. The van der Waals surface area contributed by atoms with E-state index in [1.807, 2.05) is 73.3 Å². The zero-order valence-corrected chi connectivity index (χ0v) is 43.0. The monoisotopic (exact) mass is 1050 g/mol. The van der Waals surface area contributed by atoms with Gasteiger partial charge in [-0.05, 0) is 97.8 Å². The number of para-hydroxylation sites is 2. The van der Waals surface area contributed by atoms with E-state index >= 15 is 0 Å². The van der Waals surface area contributed by atoms with Gasteiger partial charge >= 0.3 is 0 Å². The molecule has 18 nitrogen and oxygen atoms in total. The molecule has 4 amide bonds. The molecule has 3 atom stereocenters. The van der Waals surface area contributed by atoms with E-state index in [0.717, 1.165) is 28.9 Å². The van der Waals surface area contributed by atoms with Crippen molar-refractivity contribution < 1.29 is 51.1 Å². The lowest BCUT2D eigenvalue weighted by atomic mass is 10.1. The molecular weight excluding hydrogens is 995 g/mol. The van der Waals surface area contributed by atoms with Crippen LogP contribution in [0.25, 0.3) is 0 Å². The van der Waals surface area contributed by atoms with E-state index < -0.39 is 26.0 Å². The fourth-order valence-corrected chi connectivity index (χ4v) is 13.0. The van der Waals surface area contributed by atoms with Crippen molar-refractivity contribution in [3.05, 3.63) is 124 Å². The number of carbonyl (C=O) groups excluding carboxylic acids is 4. The third-order valence-electron chi connectivity index (χ3n) is 13.1. The summed E-state index contributed by atoms with van der Waals surface area (Å²) in [5.74, 6) is 5.20. The molecule has 0 aromatic heterocycles. The van der Waals surface area contributed by atoms with Gasteiger partial charge in [0, 0.05) is 65.3 Å². The number of ether oxygens (including phenoxy) is 4. The van der Waals surface area contributed by atoms with Gasteiger partial charge < -0.3 is 34.5 Å². The van der Waals surface area contributed by atoms with Crippen molar-refractivity contribution in [2.24, 2.45) is 10.8 Å². The number of aliphatic imine (C=N–C) groups is 1. The van der Waals surface area contributed by atoms with Crippen LogP contribution in [0.4, 0.5) is 28.4 Å². The fourth-order valence-electron chi connectivity index (χ4n) is 9.47. The molecule has 0 aliphatic carbocycles. The summed E-state index contributed by atoms with van der Waals surface area (Å²) in [5, 5.41) is 4.81. The molecule has 4 aliphatic rings. The lowest BCUT2D eigenvalue weighted by Gasteiger charge is -2.23. The largest absolute Gasteiger partial charge is 0.493 e. The lowest BCUT2D eigenvalue weighted by molar-refractivity contribution is -0.121.